The van der Waals surface area contributed by atoms with Crippen molar-refractivity contribution in [2.75, 3.05) is 17.2 Å². The summed E-state index contributed by atoms with van der Waals surface area (Å²) in [6.07, 6.45) is -2.57. The highest BCUT2D eigenvalue weighted by atomic mass is 32.2. The monoisotopic (exact) mass is 650 g/mol. The summed E-state index contributed by atoms with van der Waals surface area (Å²) in [5, 5.41) is 7.69. The number of rotatable bonds is 9. The molecule has 0 radical (unpaired) electrons. The summed E-state index contributed by atoms with van der Waals surface area (Å²) in [4.78, 5) is 35.7. The lowest BCUT2D eigenvalue weighted by Crippen LogP contribution is -2.33. The zero-order chi connectivity index (χ0) is 33.0. The zero-order valence-electron chi connectivity index (χ0n) is 25.7. The number of anilines is 1. The molecule has 0 bridgehead atoms. The fourth-order valence-electron chi connectivity index (χ4n) is 5.27. The first-order chi connectivity index (χ1) is 21.9. The van der Waals surface area contributed by atoms with Crippen LogP contribution in [0, 0.1) is 12.8 Å². The Morgan fingerprint density at radius 3 is 2.46 bits per heavy atom. The van der Waals surface area contributed by atoms with Gasteiger partial charge in [-0.3, -0.25) is 9.69 Å². The molecule has 1 atom stereocenters. The van der Waals surface area contributed by atoms with Gasteiger partial charge >= 0.3 is 12.4 Å². The Balaban J connectivity index is 1.16. The number of carbonyl (C=O) groups is 2. The van der Waals surface area contributed by atoms with E-state index in [2.05, 4.69) is 39.0 Å². The second kappa shape index (κ2) is 13.8. The van der Waals surface area contributed by atoms with Gasteiger partial charge in [0.1, 0.15) is 12.1 Å². The number of urea groups is 1. The SMILES string of the molecule is Cc1cccc(N2C(=O)CSC2=NC(=O)NCC(C)Cc2ccc(-c3ncn(-c4ccc(OC(F)(F)F)cc4)n3)cc2)c1C(C)C. The molecule has 5 rings (SSSR count). The fourth-order valence-corrected chi connectivity index (χ4v) is 6.12. The van der Waals surface area contributed by atoms with Gasteiger partial charge in [-0.2, -0.15) is 4.99 Å². The lowest BCUT2D eigenvalue weighted by molar-refractivity contribution is -0.274. The first kappa shape index (κ1) is 32.7. The lowest BCUT2D eigenvalue weighted by atomic mass is 9.95. The number of ether oxygens (including phenoxy) is 1. The molecule has 1 aliphatic rings. The van der Waals surface area contributed by atoms with Gasteiger partial charge in [0.2, 0.25) is 5.91 Å². The van der Waals surface area contributed by atoms with Crippen LogP contribution in [0.25, 0.3) is 17.1 Å². The van der Waals surface area contributed by atoms with E-state index in [1.54, 1.807) is 4.90 Å². The molecule has 1 fully saturated rings. The largest absolute Gasteiger partial charge is 0.573 e. The minimum atomic E-state index is -4.76. The number of aliphatic imine (C=N–C) groups is 1. The van der Waals surface area contributed by atoms with Crippen molar-refractivity contribution in [1.82, 2.24) is 20.1 Å². The van der Waals surface area contributed by atoms with E-state index < -0.39 is 12.4 Å². The smallest absolute Gasteiger partial charge is 0.406 e. The van der Waals surface area contributed by atoms with Crippen LogP contribution in [-0.2, 0) is 11.2 Å². The van der Waals surface area contributed by atoms with E-state index in [9.17, 15) is 22.8 Å². The van der Waals surface area contributed by atoms with Crippen molar-refractivity contribution < 1.29 is 27.5 Å². The van der Waals surface area contributed by atoms with Crippen molar-refractivity contribution in [3.05, 3.63) is 89.7 Å². The quantitative estimate of drug-likeness (QED) is 0.204. The number of hydrogen-bond donors (Lipinski definition) is 1. The van der Waals surface area contributed by atoms with Gasteiger partial charge in [0, 0.05) is 12.1 Å². The summed E-state index contributed by atoms with van der Waals surface area (Å²) < 4.78 is 42.6. The number of aryl methyl sites for hydroxylation is 1. The maximum Gasteiger partial charge on any atom is 0.573 e. The number of amidine groups is 1. The van der Waals surface area contributed by atoms with Crippen molar-refractivity contribution in [2.24, 2.45) is 10.9 Å². The van der Waals surface area contributed by atoms with Crippen LogP contribution in [0.3, 0.4) is 0 Å². The third-order valence-corrected chi connectivity index (χ3v) is 8.23. The predicted molar refractivity (Wildman–Crippen MR) is 172 cm³/mol. The third-order valence-electron chi connectivity index (χ3n) is 7.31. The topological polar surface area (TPSA) is 102 Å². The molecule has 9 nitrogen and oxygen atoms in total. The molecule has 2 heterocycles. The average molecular weight is 651 g/mol. The van der Waals surface area contributed by atoms with Crippen molar-refractivity contribution in [3.8, 4) is 22.8 Å². The zero-order valence-corrected chi connectivity index (χ0v) is 26.5. The standard InChI is InChI=1S/C33H33F3N6O3S/c1-20(2)29-22(4)6-5-7-27(29)42-28(43)18-46-32(42)39-31(44)37-17-21(3)16-23-8-10-24(11-9-23)30-38-19-41(40-30)25-12-14-26(15-13-25)45-33(34,35)36/h5-15,19-21H,16-18H2,1-4H3,(H,37,44). The number of hydrogen-bond acceptors (Lipinski definition) is 6. The molecule has 1 aliphatic heterocycles. The molecular formula is C33H33F3N6O3S. The van der Waals surface area contributed by atoms with E-state index in [-0.39, 0.29) is 29.2 Å². The van der Waals surface area contributed by atoms with Gasteiger partial charge in [-0.15, -0.1) is 18.3 Å². The average Bonchev–Trinajstić information content (AvgIpc) is 3.63. The van der Waals surface area contributed by atoms with Crippen molar-refractivity contribution >= 4 is 34.6 Å². The van der Waals surface area contributed by atoms with E-state index in [1.807, 2.05) is 56.3 Å². The van der Waals surface area contributed by atoms with Gasteiger partial charge < -0.3 is 10.1 Å². The lowest BCUT2D eigenvalue weighted by Gasteiger charge is -2.23. The molecule has 46 heavy (non-hydrogen) atoms. The molecule has 0 saturated carbocycles. The van der Waals surface area contributed by atoms with E-state index in [0.29, 0.717) is 29.6 Å². The Labute approximate surface area is 268 Å². The van der Waals surface area contributed by atoms with Crippen LogP contribution in [0.4, 0.5) is 23.7 Å². The molecule has 3 aromatic carbocycles. The Kier molecular flexibility index (Phi) is 9.80. The molecule has 0 aliphatic carbocycles. The highest BCUT2D eigenvalue weighted by Crippen LogP contribution is 2.35. The summed E-state index contributed by atoms with van der Waals surface area (Å²) in [6.45, 7) is 8.60. The van der Waals surface area contributed by atoms with Crippen LogP contribution >= 0.6 is 11.8 Å². The van der Waals surface area contributed by atoms with Crippen LogP contribution in [-0.4, -0.2) is 50.5 Å². The second-order valence-electron chi connectivity index (χ2n) is 11.3. The Hall–Kier alpha value is -4.65. The summed E-state index contributed by atoms with van der Waals surface area (Å²) in [6, 6.07) is 18.4. The molecule has 1 unspecified atom stereocenters. The summed E-state index contributed by atoms with van der Waals surface area (Å²) in [5.74, 6) is 0.581. The molecule has 1 aromatic heterocycles. The summed E-state index contributed by atoms with van der Waals surface area (Å²) in [5.41, 5.74) is 5.28. The predicted octanol–water partition coefficient (Wildman–Crippen LogP) is 7.29. The maximum absolute atomic E-state index is 12.8. The van der Waals surface area contributed by atoms with Crippen LogP contribution in [0.15, 0.2) is 78.0 Å². The summed E-state index contributed by atoms with van der Waals surface area (Å²) in [7, 11) is 0. The Morgan fingerprint density at radius 1 is 1.07 bits per heavy atom. The number of thioether (sulfide) groups is 1. The highest BCUT2D eigenvalue weighted by Gasteiger charge is 2.33. The first-order valence-corrected chi connectivity index (χ1v) is 15.7. The van der Waals surface area contributed by atoms with Crippen molar-refractivity contribution in [1.29, 1.82) is 0 Å². The molecule has 1 saturated heterocycles. The van der Waals surface area contributed by atoms with Crippen LogP contribution in [0.5, 0.6) is 5.75 Å². The van der Waals surface area contributed by atoms with Gasteiger partial charge in [0.05, 0.1) is 17.1 Å². The second-order valence-corrected chi connectivity index (χ2v) is 12.3. The van der Waals surface area contributed by atoms with Gasteiger partial charge in [0.15, 0.2) is 11.0 Å². The molecule has 0 spiro atoms. The number of aromatic nitrogens is 3. The van der Waals surface area contributed by atoms with E-state index >= 15 is 0 Å². The molecule has 240 valence electrons. The minimum absolute atomic E-state index is 0.101. The Bertz CT molecular complexity index is 1740. The van der Waals surface area contributed by atoms with Gasteiger partial charge in [-0.05, 0) is 72.2 Å². The number of carbonyl (C=O) groups excluding carboxylic acids is 2. The third kappa shape index (κ3) is 7.94. The first-order valence-electron chi connectivity index (χ1n) is 14.7. The van der Waals surface area contributed by atoms with Crippen LogP contribution in [0.1, 0.15) is 43.4 Å². The van der Waals surface area contributed by atoms with Crippen LogP contribution in [0.2, 0.25) is 0 Å². The van der Waals surface area contributed by atoms with E-state index in [4.69, 9.17) is 0 Å². The maximum atomic E-state index is 12.8. The number of amides is 3. The van der Waals surface area contributed by atoms with Crippen molar-refractivity contribution in [2.45, 2.75) is 46.4 Å². The highest BCUT2D eigenvalue weighted by molar-refractivity contribution is 8.15. The number of nitrogens with zero attached hydrogens (tertiary/aromatic N) is 5. The van der Waals surface area contributed by atoms with E-state index in [1.165, 1.54) is 47.0 Å². The van der Waals surface area contributed by atoms with Crippen LogP contribution < -0.4 is 15.0 Å². The van der Waals surface area contributed by atoms with Gasteiger partial charge in [-0.25, -0.2) is 14.5 Å². The number of alkyl halides is 3. The molecular weight excluding hydrogens is 617 g/mol. The molecule has 13 heteroatoms. The number of halogens is 3. The Morgan fingerprint density at radius 2 is 1.78 bits per heavy atom. The fraction of sp³-hybridized carbons (Fsp3) is 0.303. The van der Waals surface area contributed by atoms with Crippen molar-refractivity contribution in [3.63, 3.8) is 0 Å². The van der Waals surface area contributed by atoms with E-state index in [0.717, 1.165) is 27.9 Å². The number of benzene rings is 3. The summed E-state index contributed by atoms with van der Waals surface area (Å²) >= 11 is 1.26. The van der Waals surface area contributed by atoms with Gasteiger partial charge in [-0.1, -0.05) is 68.9 Å². The molecule has 3 amide bonds. The molecule has 1 N–H and O–H groups in total. The number of nitrogens with one attached hydrogen (secondary N) is 1. The molecule has 4 aromatic rings. The minimum Gasteiger partial charge on any atom is -0.406 e. The normalized spacial score (nSPS) is 15.1. The van der Waals surface area contributed by atoms with Gasteiger partial charge in [0.25, 0.3) is 0 Å².